The maximum absolute atomic E-state index is 10.9. The minimum absolute atomic E-state index is 0.141. The fraction of sp³-hybridized carbons (Fsp3) is 0.533. The Morgan fingerprint density at radius 2 is 1.80 bits per heavy atom. The molecule has 1 N–H and O–H groups in total. The van der Waals surface area contributed by atoms with Crippen molar-refractivity contribution in [1.82, 2.24) is 0 Å². The molecule has 5 heteroatoms. The molecule has 0 saturated heterocycles. The van der Waals surface area contributed by atoms with Crippen molar-refractivity contribution in [2.24, 2.45) is 0 Å². The van der Waals surface area contributed by atoms with Gasteiger partial charge in [0.05, 0.1) is 21.3 Å². The number of unbranched alkanes of at least 4 members (excludes halogenated alkanes) is 2. The van der Waals surface area contributed by atoms with Gasteiger partial charge in [-0.3, -0.25) is 4.79 Å². The Labute approximate surface area is 120 Å². The van der Waals surface area contributed by atoms with Crippen LogP contribution in [0.5, 0.6) is 11.5 Å². The van der Waals surface area contributed by atoms with Gasteiger partial charge >= 0.3 is 5.97 Å². The molecule has 5 nitrogen and oxygen atoms in total. The average molecular weight is 281 g/mol. The molecule has 0 aliphatic heterocycles. The first-order valence-electron chi connectivity index (χ1n) is 6.74. The summed E-state index contributed by atoms with van der Waals surface area (Å²) in [5.74, 6) is 1.29. The number of rotatable bonds is 9. The third-order valence-electron chi connectivity index (χ3n) is 3.00. The average Bonchev–Trinajstić information content (AvgIpc) is 2.49. The zero-order valence-electron chi connectivity index (χ0n) is 12.4. The number of esters is 1. The van der Waals surface area contributed by atoms with Gasteiger partial charge in [-0.25, -0.2) is 0 Å². The van der Waals surface area contributed by atoms with Crippen LogP contribution in [0.4, 0.5) is 5.69 Å². The van der Waals surface area contributed by atoms with E-state index >= 15 is 0 Å². The van der Waals surface area contributed by atoms with E-state index in [1.54, 1.807) is 14.2 Å². The quantitative estimate of drug-likeness (QED) is 0.557. The molecule has 20 heavy (non-hydrogen) atoms. The fourth-order valence-electron chi connectivity index (χ4n) is 1.85. The van der Waals surface area contributed by atoms with Crippen molar-refractivity contribution in [3.05, 3.63) is 18.2 Å². The molecule has 0 bridgehead atoms. The van der Waals surface area contributed by atoms with Crippen LogP contribution < -0.4 is 14.8 Å². The lowest BCUT2D eigenvalue weighted by molar-refractivity contribution is -0.140. The van der Waals surface area contributed by atoms with Crippen molar-refractivity contribution in [2.45, 2.75) is 25.7 Å². The maximum atomic E-state index is 10.9. The monoisotopic (exact) mass is 281 g/mol. The van der Waals surface area contributed by atoms with Crippen molar-refractivity contribution in [3.8, 4) is 11.5 Å². The number of hydrogen-bond acceptors (Lipinski definition) is 5. The van der Waals surface area contributed by atoms with Crippen molar-refractivity contribution in [2.75, 3.05) is 33.2 Å². The van der Waals surface area contributed by atoms with E-state index in [0.29, 0.717) is 12.2 Å². The van der Waals surface area contributed by atoms with Crippen LogP contribution >= 0.6 is 0 Å². The van der Waals surface area contributed by atoms with E-state index in [9.17, 15) is 4.79 Å². The minimum atomic E-state index is -0.141. The van der Waals surface area contributed by atoms with Crippen LogP contribution in [0.15, 0.2) is 18.2 Å². The molecular formula is C15H23NO4. The summed E-state index contributed by atoms with van der Waals surface area (Å²) in [4.78, 5) is 10.9. The van der Waals surface area contributed by atoms with Crippen LogP contribution in [0.1, 0.15) is 25.7 Å². The van der Waals surface area contributed by atoms with Crippen LogP contribution in [0.2, 0.25) is 0 Å². The SMILES string of the molecule is COC(=O)CCCCCNc1ccc(OC)c(OC)c1. The molecule has 0 radical (unpaired) electrons. The Kier molecular flexibility index (Phi) is 7.32. The highest BCUT2D eigenvalue weighted by Crippen LogP contribution is 2.29. The fourth-order valence-corrected chi connectivity index (χ4v) is 1.85. The Hall–Kier alpha value is -1.91. The number of anilines is 1. The summed E-state index contributed by atoms with van der Waals surface area (Å²) < 4.78 is 15.0. The summed E-state index contributed by atoms with van der Waals surface area (Å²) in [6.45, 7) is 0.858. The lowest BCUT2D eigenvalue weighted by Gasteiger charge is -2.11. The summed E-state index contributed by atoms with van der Waals surface area (Å²) >= 11 is 0. The molecule has 0 aromatic heterocycles. The Morgan fingerprint density at radius 3 is 2.45 bits per heavy atom. The van der Waals surface area contributed by atoms with Crippen molar-refractivity contribution in [3.63, 3.8) is 0 Å². The second kappa shape index (κ2) is 9.07. The Bertz CT molecular complexity index is 420. The van der Waals surface area contributed by atoms with Gasteiger partial charge in [0.2, 0.25) is 0 Å². The molecule has 0 aliphatic rings. The van der Waals surface area contributed by atoms with E-state index in [1.807, 2.05) is 18.2 Å². The Morgan fingerprint density at radius 1 is 1.05 bits per heavy atom. The maximum Gasteiger partial charge on any atom is 0.305 e. The topological polar surface area (TPSA) is 56.8 Å². The Balaban J connectivity index is 2.27. The molecule has 1 aromatic rings. The number of methoxy groups -OCH3 is 3. The molecule has 0 amide bonds. The van der Waals surface area contributed by atoms with Gasteiger partial charge in [-0.2, -0.15) is 0 Å². The molecule has 1 aromatic carbocycles. The molecule has 0 unspecified atom stereocenters. The number of hydrogen-bond donors (Lipinski definition) is 1. The second-order valence-electron chi connectivity index (χ2n) is 4.38. The minimum Gasteiger partial charge on any atom is -0.493 e. The number of carbonyl (C=O) groups excluding carboxylic acids is 1. The van der Waals surface area contributed by atoms with Gasteiger partial charge in [-0.05, 0) is 25.0 Å². The highest BCUT2D eigenvalue weighted by atomic mass is 16.5. The van der Waals surface area contributed by atoms with Gasteiger partial charge in [0.1, 0.15) is 0 Å². The van der Waals surface area contributed by atoms with Gasteiger partial charge in [-0.1, -0.05) is 6.42 Å². The van der Waals surface area contributed by atoms with Crippen LogP contribution in [-0.2, 0) is 9.53 Å². The van der Waals surface area contributed by atoms with Crippen molar-refractivity contribution < 1.29 is 19.0 Å². The molecule has 112 valence electrons. The normalized spacial score (nSPS) is 9.95. The van der Waals surface area contributed by atoms with Crippen molar-refractivity contribution in [1.29, 1.82) is 0 Å². The van der Waals surface area contributed by atoms with Crippen LogP contribution in [0.25, 0.3) is 0 Å². The van der Waals surface area contributed by atoms with Gasteiger partial charge < -0.3 is 19.5 Å². The first-order chi connectivity index (χ1) is 9.71. The third kappa shape index (κ3) is 5.38. The van der Waals surface area contributed by atoms with E-state index in [4.69, 9.17) is 9.47 Å². The molecule has 1 rings (SSSR count). The zero-order chi connectivity index (χ0) is 14.8. The molecule has 0 fully saturated rings. The molecule has 0 spiro atoms. The molecule has 0 atom stereocenters. The first-order valence-corrected chi connectivity index (χ1v) is 6.74. The summed E-state index contributed by atoms with van der Waals surface area (Å²) in [6, 6.07) is 5.74. The van der Waals surface area contributed by atoms with Crippen LogP contribution in [0.3, 0.4) is 0 Å². The van der Waals surface area contributed by atoms with Crippen molar-refractivity contribution >= 4 is 11.7 Å². The number of ether oxygens (including phenoxy) is 3. The first kappa shape index (κ1) is 16.1. The highest BCUT2D eigenvalue weighted by molar-refractivity contribution is 5.68. The van der Waals surface area contributed by atoms with Gasteiger partial charge in [-0.15, -0.1) is 0 Å². The summed E-state index contributed by atoms with van der Waals surface area (Å²) in [6.07, 6.45) is 3.36. The lowest BCUT2D eigenvalue weighted by Crippen LogP contribution is -2.03. The molecular weight excluding hydrogens is 258 g/mol. The number of nitrogens with one attached hydrogen (secondary N) is 1. The smallest absolute Gasteiger partial charge is 0.305 e. The van der Waals surface area contributed by atoms with E-state index in [2.05, 4.69) is 10.1 Å². The molecule has 0 saturated carbocycles. The van der Waals surface area contributed by atoms with E-state index in [1.165, 1.54) is 7.11 Å². The zero-order valence-corrected chi connectivity index (χ0v) is 12.4. The van der Waals surface area contributed by atoms with Gasteiger partial charge in [0, 0.05) is 24.7 Å². The number of benzene rings is 1. The molecule has 0 aliphatic carbocycles. The number of carbonyl (C=O) groups is 1. The third-order valence-corrected chi connectivity index (χ3v) is 3.00. The lowest BCUT2D eigenvalue weighted by atomic mass is 10.2. The van der Waals surface area contributed by atoms with Gasteiger partial charge in [0.25, 0.3) is 0 Å². The van der Waals surface area contributed by atoms with E-state index < -0.39 is 0 Å². The summed E-state index contributed by atoms with van der Waals surface area (Å²) in [7, 11) is 4.65. The summed E-state index contributed by atoms with van der Waals surface area (Å²) in [5, 5.41) is 3.32. The standard InChI is InChI=1S/C15H23NO4/c1-18-13-9-8-12(11-14(13)19-2)16-10-6-4-5-7-15(17)20-3/h8-9,11,16H,4-7,10H2,1-3H3. The van der Waals surface area contributed by atoms with E-state index in [-0.39, 0.29) is 5.97 Å². The predicted octanol–water partition coefficient (Wildman–Crippen LogP) is 2.85. The van der Waals surface area contributed by atoms with Crippen LogP contribution in [0, 0.1) is 0 Å². The van der Waals surface area contributed by atoms with Crippen LogP contribution in [-0.4, -0.2) is 33.8 Å². The largest absolute Gasteiger partial charge is 0.493 e. The predicted molar refractivity (Wildman–Crippen MR) is 78.5 cm³/mol. The molecule has 0 heterocycles. The second-order valence-corrected chi connectivity index (χ2v) is 4.38. The van der Waals surface area contributed by atoms with Gasteiger partial charge in [0.15, 0.2) is 11.5 Å². The highest BCUT2D eigenvalue weighted by Gasteiger charge is 2.04. The summed E-state index contributed by atoms with van der Waals surface area (Å²) in [5.41, 5.74) is 0.996. The van der Waals surface area contributed by atoms with E-state index in [0.717, 1.165) is 37.2 Å².